The smallest absolute Gasteiger partial charge is 0.295 e. The van der Waals surface area contributed by atoms with Crippen molar-refractivity contribution in [1.29, 1.82) is 0 Å². The second-order valence-electron chi connectivity index (χ2n) is 6.45. The number of nitrogens with one attached hydrogen (secondary N) is 1. The number of aromatic amines is 1. The van der Waals surface area contributed by atoms with Crippen molar-refractivity contribution in [2.75, 3.05) is 31.1 Å². The van der Waals surface area contributed by atoms with Gasteiger partial charge in [-0.25, -0.2) is 4.39 Å². The predicted molar refractivity (Wildman–Crippen MR) is 103 cm³/mol. The number of fused-ring (bicyclic) bond motifs is 1. The van der Waals surface area contributed by atoms with Crippen LogP contribution in [-0.2, 0) is 4.79 Å². The average Bonchev–Trinajstić information content (AvgIpc) is 3.10. The summed E-state index contributed by atoms with van der Waals surface area (Å²) in [4.78, 5) is 31.8. The minimum atomic E-state index is -0.567. The van der Waals surface area contributed by atoms with Crippen LogP contribution in [0.5, 0.6) is 0 Å². The summed E-state index contributed by atoms with van der Waals surface area (Å²) in [5, 5.41) is 1.13. The normalized spacial score (nSPS) is 14.6. The second kappa shape index (κ2) is 7.04. The summed E-state index contributed by atoms with van der Waals surface area (Å²) >= 11 is 6.01. The Kier molecular flexibility index (Phi) is 4.58. The van der Waals surface area contributed by atoms with E-state index in [2.05, 4.69) is 4.98 Å². The Bertz CT molecular complexity index is 1020. The molecular formula is C20H17ClFN3O2. The number of para-hydroxylation sites is 1. The maximum absolute atomic E-state index is 13.9. The van der Waals surface area contributed by atoms with Crippen LogP contribution in [0.3, 0.4) is 0 Å². The number of rotatable bonds is 3. The number of aromatic nitrogens is 1. The summed E-state index contributed by atoms with van der Waals surface area (Å²) in [6.45, 7) is 1.67. The zero-order valence-corrected chi connectivity index (χ0v) is 15.2. The van der Waals surface area contributed by atoms with E-state index in [0.29, 0.717) is 47.8 Å². The zero-order chi connectivity index (χ0) is 19.0. The number of H-pyrrole nitrogens is 1. The first-order valence-corrected chi connectivity index (χ1v) is 9.02. The van der Waals surface area contributed by atoms with Gasteiger partial charge in [0, 0.05) is 48.3 Å². The lowest BCUT2D eigenvalue weighted by atomic mass is 10.1. The van der Waals surface area contributed by atoms with Crippen LogP contribution in [0.15, 0.2) is 48.7 Å². The fourth-order valence-corrected chi connectivity index (χ4v) is 3.57. The topological polar surface area (TPSA) is 56.4 Å². The molecule has 27 heavy (non-hydrogen) atoms. The maximum atomic E-state index is 13.9. The van der Waals surface area contributed by atoms with Crippen molar-refractivity contribution in [1.82, 2.24) is 9.88 Å². The van der Waals surface area contributed by atoms with Crippen LogP contribution in [0.4, 0.5) is 10.1 Å². The van der Waals surface area contributed by atoms with Gasteiger partial charge in [0.2, 0.25) is 0 Å². The molecule has 7 heteroatoms. The average molecular weight is 386 g/mol. The van der Waals surface area contributed by atoms with Gasteiger partial charge in [0.25, 0.3) is 11.7 Å². The molecule has 1 amide bonds. The number of benzene rings is 2. The Morgan fingerprint density at radius 2 is 1.78 bits per heavy atom. The Hall–Kier alpha value is -2.86. The third-order valence-electron chi connectivity index (χ3n) is 4.84. The Balaban J connectivity index is 1.48. The van der Waals surface area contributed by atoms with Crippen molar-refractivity contribution >= 4 is 39.9 Å². The molecule has 1 N–H and O–H groups in total. The minimum absolute atomic E-state index is 0.288. The van der Waals surface area contributed by atoms with Crippen LogP contribution in [0, 0.1) is 5.82 Å². The first-order valence-electron chi connectivity index (χ1n) is 8.64. The van der Waals surface area contributed by atoms with Gasteiger partial charge in [0.1, 0.15) is 5.82 Å². The number of anilines is 1. The van der Waals surface area contributed by atoms with E-state index in [1.165, 1.54) is 17.2 Å². The highest BCUT2D eigenvalue weighted by Gasteiger charge is 2.29. The van der Waals surface area contributed by atoms with Gasteiger partial charge in [-0.1, -0.05) is 23.7 Å². The molecule has 1 aliphatic heterocycles. The maximum Gasteiger partial charge on any atom is 0.295 e. The Morgan fingerprint density at radius 3 is 2.52 bits per heavy atom. The van der Waals surface area contributed by atoms with Gasteiger partial charge in [-0.3, -0.25) is 9.59 Å². The highest BCUT2D eigenvalue weighted by atomic mass is 35.5. The molecule has 0 saturated carbocycles. The molecule has 2 aromatic carbocycles. The van der Waals surface area contributed by atoms with Gasteiger partial charge in [-0.2, -0.15) is 0 Å². The molecule has 1 saturated heterocycles. The zero-order valence-electron chi connectivity index (χ0n) is 14.4. The van der Waals surface area contributed by atoms with Crippen molar-refractivity contribution in [3.05, 3.63) is 65.1 Å². The lowest BCUT2D eigenvalue weighted by Crippen LogP contribution is -2.50. The molecule has 0 radical (unpaired) electrons. The molecular weight excluding hydrogens is 369 g/mol. The molecule has 0 unspecified atom stereocenters. The lowest BCUT2D eigenvalue weighted by Gasteiger charge is -2.35. The summed E-state index contributed by atoms with van der Waals surface area (Å²) in [5.74, 6) is -1.41. The van der Waals surface area contributed by atoms with E-state index < -0.39 is 11.7 Å². The second-order valence-corrected chi connectivity index (χ2v) is 6.89. The first-order chi connectivity index (χ1) is 13.0. The number of Topliss-reactive ketones (excluding diaryl/α,β-unsaturated/α-hetero) is 1. The molecule has 3 aromatic rings. The first kappa shape index (κ1) is 17.5. The van der Waals surface area contributed by atoms with Gasteiger partial charge < -0.3 is 14.8 Å². The lowest BCUT2D eigenvalue weighted by molar-refractivity contribution is -0.126. The van der Waals surface area contributed by atoms with E-state index >= 15 is 0 Å². The number of ketones is 1. The molecule has 1 fully saturated rings. The highest BCUT2D eigenvalue weighted by Crippen LogP contribution is 2.24. The van der Waals surface area contributed by atoms with Gasteiger partial charge in [0.05, 0.1) is 11.3 Å². The van der Waals surface area contributed by atoms with Crippen molar-refractivity contribution in [3.8, 4) is 0 Å². The van der Waals surface area contributed by atoms with Crippen LogP contribution in [0.25, 0.3) is 10.9 Å². The summed E-state index contributed by atoms with van der Waals surface area (Å²) in [5.41, 5.74) is 1.58. The molecule has 1 aromatic heterocycles. The molecule has 5 nitrogen and oxygen atoms in total. The van der Waals surface area contributed by atoms with Crippen LogP contribution in [0.1, 0.15) is 10.4 Å². The number of nitrogens with zero attached hydrogens (tertiary/aromatic N) is 2. The minimum Gasteiger partial charge on any atom is -0.366 e. The number of amides is 1. The van der Waals surface area contributed by atoms with E-state index in [1.54, 1.807) is 36.4 Å². The summed E-state index contributed by atoms with van der Waals surface area (Å²) < 4.78 is 13.9. The summed E-state index contributed by atoms with van der Waals surface area (Å²) in [6, 6.07) is 11.7. The molecule has 0 aliphatic carbocycles. The number of hydrogen-bond acceptors (Lipinski definition) is 3. The molecule has 2 heterocycles. The molecule has 138 valence electrons. The van der Waals surface area contributed by atoms with Crippen molar-refractivity contribution in [2.24, 2.45) is 0 Å². The van der Waals surface area contributed by atoms with E-state index in [4.69, 9.17) is 11.6 Å². The van der Waals surface area contributed by atoms with Gasteiger partial charge >= 0.3 is 0 Å². The highest BCUT2D eigenvalue weighted by molar-refractivity contribution is 6.45. The molecule has 1 aliphatic rings. The Labute approximate surface area is 160 Å². The fraction of sp³-hybridized carbons (Fsp3) is 0.200. The third-order valence-corrected chi connectivity index (χ3v) is 5.08. The SMILES string of the molecule is O=C(C(=O)N1CCN(c2ccccc2F)CC1)c1c[nH]c2ccc(Cl)cc12. The third kappa shape index (κ3) is 3.28. The molecule has 0 bridgehead atoms. The van der Waals surface area contributed by atoms with E-state index in [1.807, 2.05) is 4.90 Å². The van der Waals surface area contributed by atoms with Crippen LogP contribution in [0.2, 0.25) is 5.02 Å². The van der Waals surface area contributed by atoms with Crippen molar-refractivity contribution < 1.29 is 14.0 Å². The quantitative estimate of drug-likeness (QED) is 0.554. The van der Waals surface area contributed by atoms with E-state index in [-0.39, 0.29) is 5.82 Å². The standard InChI is InChI=1S/C20H17ClFN3O2/c21-13-5-6-17-14(11-13)15(12-23-17)19(26)20(27)25-9-7-24(8-10-25)18-4-2-1-3-16(18)22/h1-6,11-12,23H,7-10H2. The number of carbonyl (C=O) groups is 2. The van der Waals surface area contributed by atoms with Gasteiger partial charge in [-0.15, -0.1) is 0 Å². The van der Waals surface area contributed by atoms with E-state index in [9.17, 15) is 14.0 Å². The van der Waals surface area contributed by atoms with Crippen LogP contribution < -0.4 is 4.90 Å². The summed E-state index contributed by atoms with van der Waals surface area (Å²) in [6.07, 6.45) is 1.54. The van der Waals surface area contributed by atoms with Crippen LogP contribution in [-0.4, -0.2) is 47.8 Å². The van der Waals surface area contributed by atoms with E-state index in [0.717, 1.165) is 5.52 Å². The van der Waals surface area contributed by atoms with Crippen molar-refractivity contribution in [2.45, 2.75) is 0 Å². The van der Waals surface area contributed by atoms with Gasteiger partial charge in [0.15, 0.2) is 0 Å². The Morgan fingerprint density at radius 1 is 1.04 bits per heavy atom. The predicted octanol–water partition coefficient (Wildman–Crippen LogP) is 3.49. The monoisotopic (exact) mass is 385 g/mol. The molecule has 4 rings (SSSR count). The number of carbonyl (C=O) groups excluding carboxylic acids is 2. The largest absolute Gasteiger partial charge is 0.366 e. The fourth-order valence-electron chi connectivity index (χ4n) is 3.40. The number of hydrogen-bond donors (Lipinski definition) is 1. The van der Waals surface area contributed by atoms with Gasteiger partial charge in [-0.05, 0) is 30.3 Å². The summed E-state index contributed by atoms with van der Waals surface area (Å²) in [7, 11) is 0. The number of halogens is 2. The molecule has 0 spiro atoms. The van der Waals surface area contributed by atoms with Crippen LogP contribution >= 0.6 is 11.6 Å². The molecule has 0 atom stereocenters. The van der Waals surface area contributed by atoms with Crippen molar-refractivity contribution in [3.63, 3.8) is 0 Å². The number of piperazine rings is 1.